The van der Waals surface area contributed by atoms with Crippen molar-refractivity contribution in [2.45, 2.75) is 47.2 Å². The van der Waals surface area contributed by atoms with Crippen LogP contribution in [0.4, 0.5) is 5.69 Å². The van der Waals surface area contributed by atoms with Gasteiger partial charge in [0.2, 0.25) is 0 Å². The van der Waals surface area contributed by atoms with Gasteiger partial charge in [0, 0.05) is 37.7 Å². The molecule has 0 aliphatic rings. The molecule has 1 N–H and O–H groups in total. The Morgan fingerprint density at radius 1 is 1.26 bits per heavy atom. The molecule has 0 saturated carbocycles. The number of aromatic nitrogens is 3. The molecule has 104 valence electrons. The average molecular weight is 260 g/mol. The standard InChI is InChI=1S/C15H24N4/c1-6-14-15(10-18(5)17-14)16-9-13-8-11(3)19(7-2)12(13)4/h8,10,16H,6-7,9H2,1-5H3. The highest BCUT2D eigenvalue weighted by Gasteiger charge is 2.09. The molecule has 0 saturated heterocycles. The van der Waals surface area contributed by atoms with Gasteiger partial charge in [-0.3, -0.25) is 4.68 Å². The molecule has 4 nitrogen and oxygen atoms in total. The molecule has 0 aliphatic heterocycles. The molecule has 19 heavy (non-hydrogen) atoms. The van der Waals surface area contributed by atoms with Crippen molar-refractivity contribution in [3.63, 3.8) is 0 Å². The van der Waals surface area contributed by atoms with Crippen molar-refractivity contribution in [1.29, 1.82) is 0 Å². The lowest BCUT2D eigenvalue weighted by Gasteiger charge is -2.07. The topological polar surface area (TPSA) is 34.8 Å². The van der Waals surface area contributed by atoms with E-state index in [-0.39, 0.29) is 0 Å². The van der Waals surface area contributed by atoms with Gasteiger partial charge in [-0.05, 0) is 38.8 Å². The largest absolute Gasteiger partial charge is 0.378 e. The van der Waals surface area contributed by atoms with Crippen LogP contribution >= 0.6 is 0 Å². The zero-order valence-corrected chi connectivity index (χ0v) is 12.6. The van der Waals surface area contributed by atoms with E-state index in [9.17, 15) is 0 Å². The molecule has 2 rings (SSSR count). The van der Waals surface area contributed by atoms with E-state index in [0.717, 1.165) is 30.9 Å². The fourth-order valence-corrected chi connectivity index (χ4v) is 2.67. The highest BCUT2D eigenvalue weighted by molar-refractivity contribution is 5.47. The summed E-state index contributed by atoms with van der Waals surface area (Å²) in [6, 6.07) is 2.27. The van der Waals surface area contributed by atoms with Crippen LogP contribution in [0.25, 0.3) is 0 Å². The first kappa shape index (κ1) is 13.7. The number of hydrogen-bond donors (Lipinski definition) is 1. The maximum Gasteiger partial charge on any atom is 0.0853 e. The molecule has 0 fully saturated rings. The van der Waals surface area contributed by atoms with Crippen molar-refractivity contribution in [1.82, 2.24) is 14.3 Å². The van der Waals surface area contributed by atoms with E-state index in [4.69, 9.17) is 0 Å². The van der Waals surface area contributed by atoms with Gasteiger partial charge < -0.3 is 9.88 Å². The van der Waals surface area contributed by atoms with Gasteiger partial charge in [-0.1, -0.05) is 6.92 Å². The summed E-state index contributed by atoms with van der Waals surface area (Å²) in [6.45, 7) is 10.6. The van der Waals surface area contributed by atoms with Gasteiger partial charge in [-0.15, -0.1) is 0 Å². The Balaban J connectivity index is 2.14. The molecular weight excluding hydrogens is 236 g/mol. The summed E-state index contributed by atoms with van der Waals surface area (Å²) in [6.07, 6.45) is 3.01. The van der Waals surface area contributed by atoms with Crippen molar-refractivity contribution in [2.75, 3.05) is 5.32 Å². The smallest absolute Gasteiger partial charge is 0.0853 e. The van der Waals surface area contributed by atoms with Crippen molar-refractivity contribution >= 4 is 5.69 Å². The van der Waals surface area contributed by atoms with Crippen molar-refractivity contribution < 1.29 is 0 Å². The second-order valence-electron chi connectivity index (χ2n) is 5.01. The van der Waals surface area contributed by atoms with Crippen LogP contribution in [-0.2, 0) is 26.6 Å². The molecular formula is C15H24N4. The molecule has 2 heterocycles. The van der Waals surface area contributed by atoms with E-state index in [1.165, 1.54) is 17.0 Å². The first-order chi connectivity index (χ1) is 9.06. The fourth-order valence-electron chi connectivity index (χ4n) is 2.67. The molecule has 0 spiro atoms. The summed E-state index contributed by atoms with van der Waals surface area (Å²) >= 11 is 0. The normalized spacial score (nSPS) is 11.0. The molecule has 2 aromatic heterocycles. The summed E-state index contributed by atoms with van der Waals surface area (Å²) < 4.78 is 4.22. The lowest BCUT2D eigenvalue weighted by molar-refractivity contribution is 0.715. The lowest BCUT2D eigenvalue weighted by atomic mass is 10.2. The number of aryl methyl sites for hydroxylation is 3. The van der Waals surface area contributed by atoms with Gasteiger partial charge in [0.1, 0.15) is 0 Å². The van der Waals surface area contributed by atoms with Crippen LogP contribution in [0.5, 0.6) is 0 Å². The third-order valence-corrected chi connectivity index (χ3v) is 3.70. The van der Waals surface area contributed by atoms with Crippen LogP contribution in [0.15, 0.2) is 12.3 Å². The van der Waals surface area contributed by atoms with Crippen molar-refractivity contribution in [3.05, 3.63) is 34.9 Å². The third kappa shape index (κ3) is 2.67. The lowest BCUT2D eigenvalue weighted by Crippen LogP contribution is -2.03. The molecule has 4 heteroatoms. The zero-order valence-electron chi connectivity index (χ0n) is 12.6. The summed E-state index contributed by atoms with van der Waals surface area (Å²) in [4.78, 5) is 0. The quantitative estimate of drug-likeness (QED) is 0.896. The summed E-state index contributed by atoms with van der Waals surface area (Å²) in [7, 11) is 1.97. The Hall–Kier alpha value is -1.71. The van der Waals surface area contributed by atoms with Crippen LogP contribution in [-0.4, -0.2) is 14.3 Å². The number of hydrogen-bond acceptors (Lipinski definition) is 2. The maximum atomic E-state index is 4.45. The summed E-state index contributed by atoms with van der Waals surface area (Å²) in [5.41, 5.74) is 6.33. The Morgan fingerprint density at radius 2 is 2.00 bits per heavy atom. The minimum absolute atomic E-state index is 0.859. The maximum absolute atomic E-state index is 4.45. The minimum Gasteiger partial charge on any atom is -0.378 e. The molecule has 2 aromatic rings. The highest BCUT2D eigenvalue weighted by Crippen LogP contribution is 2.19. The summed E-state index contributed by atoms with van der Waals surface area (Å²) in [5.74, 6) is 0. The summed E-state index contributed by atoms with van der Waals surface area (Å²) in [5, 5.41) is 7.96. The Bertz CT molecular complexity index is 563. The molecule has 0 aliphatic carbocycles. The second kappa shape index (κ2) is 5.51. The monoisotopic (exact) mass is 260 g/mol. The van der Waals surface area contributed by atoms with E-state index in [0.29, 0.717) is 0 Å². The number of nitrogens with zero attached hydrogens (tertiary/aromatic N) is 3. The molecule has 0 aromatic carbocycles. The van der Waals surface area contributed by atoms with Gasteiger partial charge in [0.25, 0.3) is 0 Å². The van der Waals surface area contributed by atoms with Crippen LogP contribution in [0.2, 0.25) is 0 Å². The predicted octanol–water partition coefficient (Wildman–Crippen LogP) is 3.03. The van der Waals surface area contributed by atoms with Gasteiger partial charge in [0.05, 0.1) is 11.4 Å². The zero-order chi connectivity index (χ0) is 14.0. The van der Waals surface area contributed by atoms with Crippen LogP contribution in [0.3, 0.4) is 0 Å². The van der Waals surface area contributed by atoms with Crippen molar-refractivity contribution in [2.24, 2.45) is 7.05 Å². The first-order valence-corrected chi connectivity index (χ1v) is 6.98. The van der Waals surface area contributed by atoms with Gasteiger partial charge in [-0.2, -0.15) is 5.10 Å². The minimum atomic E-state index is 0.859. The number of anilines is 1. The van der Waals surface area contributed by atoms with E-state index < -0.39 is 0 Å². The van der Waals surface area contributed by atoms with E-state index in [2.05, 4.69) is 54.9 Å². The molecule has 0 unspecified atom stereocenters. The van der Waals surface area contributed by atoms with Crippen LogP contribution in [0.1, 0.15) is 36.5 Å². The highest BCUT2D eigenvalue weighted by atomic mass is 15.3. The van der Waals surface area contributed by atoms with E-state index >= 15 is 0 Å². The predicted molar refractivity (Wildman–Crippen MR) is 79.5 cm³/mol. The third-order valence-electron chi connectivity index (χ3n) is 3.70. The van der Waals surface area contributed by atoms with Gasteiger partial charge in [-0.25, -0.2) is 0 Å². The van der Waals surface area contributed by atoms with Crippen LogP contribution < -0.4 is 5.32 Å². The molecule has 0 amide bonds. The average Bonchev–Trinajstić information content (AvgIpc) is 2.87. The van der Waals surface area contributed by atoms with Crippen LogP contribution in [0, 0.1) is 13.8 Å². The first-order valence-electron chi connectivity index (χ1n) is 6.98. The van der Waals surface area contributed by atoms with E-state index in [1.807, 2.05) is 11.7 Å². The van der Waals surface area contributed by atoms with Gasteiger partial charge >= 0.3 is 0 Å². The second-order valence-corrected chi connectivity index (χ2v) is 5.01. The Labute approximate surface area is 115 Å². The fraction of sp³-hybridized carbons (Fsp3) is 0.533. The van der Waals surface area contributed by atoms with Crippen molar-refractivity contribution in [3.8, 4) is 0 Å². The van der Waals surface area contributed by atoms with Gasteiger partial charge in [0.15, 0.2) is 0 Å². The molecule has 0 atom stereocenters. The number of rotatable bonds is 5. The number of nitrogens with one attached hydrogen (secondary N) is 1. The SMILES string of the molecule is CCc1nn(C)cc1NCc1cc(C)n(CC)c1C. The Morgan fingerprint density at radius 3 is 2.58 bits per heavy atom. The molecule has 0 radical (unpaired) electrons. The van der Waals surface area contributed by atoms with E-state index in [1.54, 1.807) is 0 Å². The Kier molecular flexibility index (Phi) is 3.98. The molecule has 0 bridgehead atoms.